The van der Waals surface area contributed by atoms with Crippen molar-refractivity contribution in [2.45, 2.75) is 52.9 Å². The third-order valence-electron chi connectivity index (χ3n) is 7.47. The molecule has 5 rings (SSSR count). The van der Waals surface area contributed by atoms with Crippen LogP contribution in [0, 0.1) is 5.82 Å². The molecule has 1 aromatic carbocycles. The lowest BCUT2D eigenvalue weighted by molar-refractivity contribution is 0.261. The predicted molar refractivity (Wildman–Crippen MR) is 168 cm³/mol. The van der Waals surface area contributed by atoms with Gasteiger partial charge in [-0.2, -0.15) is 0 Å². The van der Waals surface area contributed by atoms with E-state index in [9.17, 15) is 4.79 Å². The molecule has 2 amide bonds. The van der Waals surface area contributed by atoms with Gasteiger partial charge in [-0.1, -0.05) is 45.8 Å². The smallest absolute Gasteiger partial charge is 0.325 e. The molecule has 0 radical (unpaired) electrons. The van der Waals surface area contributed by atoms with Crippen molar-refractivity contribution in [2.75, 3.05) is 30.3 Å². The highest BCUT2D eigenvalue weighted by atomic mass is 19.1. The van der Waals surface area contributed by atoms with Crippen LogP contribution in [0.15, 0.2) is 71.6 Å². The van der Waals surface area contributed by atoms with Gasteiger partial charge in [0, 0.05) is 35.1 Å². The number of hydrogen-bond acceptors (Lipinski definition) is 6. The molecule has 0 saturated heterocycles. The molecule has 10 heteroatoms. The average Bonchev–Trinajstić information content (AvgIpc) is 3.64. The lowest BCUT2D eigenvalue weighted by Gasteiger charge is -2.17. The molecule has 4 heterocycles. The Hall–Kier alpha value is -4.57. The first-order valence-corrected chi connectivity index (χ1v) is 14.6. The molecule has 2 N–H and O–H groups in total. The third kappa shape index (κ3) is 7.09. The van der Waals surface area contributed by atoms with Gasteiger partial charge in [0.15, 0.2) is 5.82 Å². The summed E-state index contributed by atoms with van der Waals surface area (Å²) in [6, 6.07) is 13.9. The van der Waals surface area contributed by atoms with Gasteiger partial charge in [-0.25, -0.2) is 14.2 Å². The van der Waals surface area contributed by atoms with Crippen molar-refractivity contribution < 1.29 is 13.7 Å². The van der Waals surface area contributed by atoms with Crippen LogP contribution in [0.2, 0.25) is 0 Å². The van der Waals surface area contributed by atoms with Gasteiger partial charge >= 0.3 is 6.03 Å². The fourth-order valence-corrected chi connectivity index (χ4v) is 4.93. The maximum absolute atomic E-state index is 15.1. The molecule has 0 saturated carbocycles. The van der Waals surface area contributed by atoms with E-state index < -0.39 is 11.8 Å². The number of nitrogens with zero attached hydrogens (tertiary/aromatic N) is 5. The first-order valence-electron chi connectivity index (χ1n) is 14.6. The van der Waals surface area contributed by atoms with E-state index in [4.69, 9.17) is 4.52 Å². The summed E-state index contributed by atoms with van der Waals surface area (Å²) in [4.78, 5) is 24.0. The standard InChI is InChI=1S/C33H38FN7O2/c1-6-40(7-2)15-8-9-25-17-22(12-14-35-25)23-13-16-41-28(21-36-31(41)19-23)24-10-11-27(26(34)18-24)37-32(42)38-30-20-29(43-39-30)33(3,4)5/h10-14,16-21H,6-9,15H2,1-5H3,(H2,37,38,39,42). The molecular weight excluding hydrogens is 545 g/mol. The zero-order valence-corrected chi connectivity index (χ0v) is 25.3. The van der Waals surface area contributed by atoms with E-state index in [1.807, 2.05) is 55.8 Å². The van der Waals surface area contributed by atoms with E-state index in [-0.39, 0.29) is 16.9 Å². The summed E-state index contributed by atoms with van der Waals surface area (Å²) in [5.41, 5.74) is 5.10. The topological polar surface area (TPSA) is 101 Å². The van der Waals surface area contributed by atoms with Crippen molar-refractivity contribution in [3.8, 4) is 22.4 Å². The Bertz CT molecular complexity index is 1720. The summed E-state index contributed by atoms with van der Waals surface area (Å²) < 4.78 is 22.3. The van der Waals surface area contributed by atoms with Crippen molar-refractivity contribution in [1.29, 1.82) is 0 Å². The Labute approximate surface area is 251 Å². The molecule has 0 aliphatic heterocycles. The number of carbonyl (C=O) groups is 1. The second-order valence-electron chi connectivity index (χ2n) is 11.6. The van der Waals surface area contributed by atoms with Gasteiger partial charge in [0.1, 0.15) is 17.2 Å². The highest BCUT2D eigenvalue weighted by Gasteiger charge is 2.20. The molecule has 0 fully saturated rings. The number of rotatable bonds is 10. The Balaban J connectivity index is 1.27. The monoisotopic (exact) mass is 583 g/mol. The molecule has 4 aromatic heterocycles. The van der Waals surface area contributed by atoms with Crippen molar-refractivity contribution in [2.24, 2.45) is 0 Å². The zero-order valence-electron chi connectivity index (χ0n) is 25.3. The van der Waals surface area contributed by atoms with Gasteiger partial charge in [0.25, 0.3) is 0 Å². The molecule has 0 bridgehead atoms. The number of imidazole rings is 1. The minimum absolute atomic E-state index is 0.0440. The molecule has 43 heavy (non-hydrogen) atoms. The van der Waals surface area contributed by atoms with Gasteiger partial charge in [0.2, 0.25) is 0 Å². The first kappa shape index (κ1) is 29.9. The SMILES string of the molecule is CCN(CC)CCCc1cc(-c2ccn3c(-c4ccc(NC(=O)Nc5cc(C(C)(C)C)on5)c(F)c4)cnc3c2)ccn1. The lowest BCUT2D eigenvalue weighted by atomic mass is 9.93. The Morgan fingerprint density at radius 3 is 2.49 bits per heavy atom. The van der Waals surface area contributed by atoms with Crippen LogP contribution >= 0.6 is 0 Å². The van der Waals surface area contributed by atoms with Crippen molar-refractivity contribution in [3.63, 3.8) is 0 Å². The fraction of sp³-hybridized carbons (Fsp3) is 0.333. The highest BCUT2D eigenvalue weighted by molar-refractivity contribution is 5.99. The van der Waals surface area contributed by atoms with Gasteiger partial charge in [0.05, 0.1) is 17.6 Å². The Morgan fingerprint density at radius 2 is 1.77 bits per heavy atom. The van der Waals surface area contributed by atoms with E-state index in [2.05, 4.69) is 50.6 Å². The van der Waals surface area contributed by atoms with Crippen LogP contribution in [-0.2, 0) is 11.8 Å². The van der Waals surface area contributed by atoms with Gasteiger partial charge in [-0.15, -0.1) is 0 Å². The van der Waals surface area contributed by atoms with E-state index in [0.717, 1.165) is 60.6 Å². The fourth-order valence-electron chi connectivity index (χ4n) is 4.93. The second-order valence-corrected chi connectivity index (χ2v) is 11.6. The maximum atomic E-state index is 15.1. The van der Waals surface area contributed by atoms with Crippen LogP contribution in [0.3, 0.4) is 0 Å². The molecule has 0 unspecified atom stereocenters. The summed E-state index contributed by atoms with van der Waals surface area (Å²) in [6.45, 7) is 13.5. The van der Waals surface area contributed by atoms with Gasteiger partial charge in [-0.3, -0.25) is 14.7 Å². The Kier molecular flexibility index (Phi) is 8.86. The van der Waals surface area contributed by atoms with Crippen molar-refractivity contribution in [1.82, 2.24) is 24.4 Å². The van der Waals surface area contributed by atoms with E-state index in [0.29, 0.717) is 11.3 Å². The summed E-state index contributed by atoms with van der Waals surface area (Å²) in [5.74, 6) is 0.313. The predicted octanol–water partition coefficient (Wildman–Crippen LogP) is 7.41. The number of urea groups is 1. The molecule has 224 valence electrons. The third-order valence-corrected chi connectivity index (χ3v) is 7.47. The van der Waals surface area contributed by atoms with Crippen molar-refractivity contribution >= 4 is 23.2 Å². The van der Waals surface area contributed by atoms with Crippen molar-refractivity contribution in [3.05, 3.63) is 84.4 Å². The van der Waals surface area contributed by atoms with Crippen LogP contribution in [0.1, 0.15) is 52.5 Å². The highest BCUT2D eigenvalue weighted by Crippen LogP contribution is 2.28. The van der Waals surface area contributed by atoms with E-state index >= 15 is 4.39 Å². The normalized spacial score (nSPS) is 11.8. The van der Waals surface area contributed by atoms with Crippen LogP contribution in [0.4, 0.5) is 20.7 Å². The minimum Gasteiger partial charge on any atom is -0.359 e. The molecule has 0 aliphatic carbocycles. The number of amides is 2. The summed E-state index contributed by atoms with van der Waals surface area (Å²) in [5, 5.41) is 8.97. The minimum atomic E-state index is -0.620. The average molecular weight is 584 g/mol. The van der Waals surface area contributed by atoms with E-state index in [1.54, 1.807) is 18.3 Å². The summed E-state index contributed by atoms with van der Waals surface area (Å²) in [6.07, 6.45) is 7.51. The Morgan fingerprint density at radius 1 is 0.977 bits per heavy atom. The number of pyridine rings is 2. The number of carbonyl (C=O) groups excluding carboxylic acids is 1. The van der Waals surface area contributed by atoms with Crippen LogP contribution in [0.5, 0.6) is 0 Å². The molecular formula is C33H38FN7O2. The molecule has 9 nitrogen and oxygen atoms in total. The molecule has 5 aromatic rings. The maximum Gasteiger partial charge on any atom is 0.325 e. The number of fused-ring (bicyclic) bond motifs is 1. The molecule has 0 atom stereocenters. The lowest BCUT2D eigenvalue weighted by Crippen LogP contribution is -2.24. The largest absolute Gasteiger partial charge is 0.359 e. The number of hydrogen-bond donors (Lipinski definition) is 2. The quantitative estimate of drug-likeness (QED) is 0.178. The van der Waals surface area contributed by atoms with Gasteiger partial charge in [-0.05, 0) is 80.0 Å². The van der Waals surface area contributed by atoms with Gasteiger partial charge < -0.3 is 14.7 Å². The zero-order chi connectivity index (χ0) is 30.6. The number of anilines is 2. The van der Waals surface area contributed by atoms with Crippen LogP contribution in [0.25, 0.3) is 28.0 Å². The van der Waals surface area contributed by atoms with E-state index in [1.165, 1.54) is 12.1 Å². The number of nitrogens with one attached hydrogen (secondary N) is 2. The number of benzene rings is 1. The first-order chi connectivity index (χ1) is 20.6. The number of aryl methyl sites for hydroxylation is 1. The molecule has 0 spiro atoms. The van der Waals surface area contributed by atoms with Crippen LogP contribution in [-0.4, -0.2) is 50.1 Å². The van der Waals surface area contributed by atoms with Crippen LogP contribution < -0.4 is 10.6 Å². The second kappa shape index (κ2) is 12.7. The summed E-state index contributed by atoms with van der Waals surface area (Å²) >= 11 is 0. The number of halogens is 1. The number of aromatic nitrogens is 4. The summed E-state index contributed by atoms with van der Waals surface area (Å²) in [7, 11) is 0. The molecule has 0 aliphatic rings.